The first-order chi connectivity index (χ1) is 12.0. The number of carbonyl (C=O) groups excluding carboxylic acids is 2. The van der Waals surface area contributed by atoms with Crippen LogP contribution in [-0.2, 0) is 16.0 Å². The van der Waals surface area contributed by atoms with Crippen molar-refractivity contribution in [2.24, 2.45) is 0 Å². The Morgan fingerprint density at radius 2 is 1.84 bits per heavy atom. The third-order valence-electron chi connectivity index (χ3n) is 3.91. The fourth-order valence-electron chi connectivity index (χ4n) is 2.37. The van der Waals surface area contributed by atoms with Crippen molar-refractivity contribution in [3.8, 4) is 5.75 Å². The summed E-state index contributed by atoms with van der Waals surface area (Å²) in [6.07, 6.45) is 0.973. The molecule has 2 aromatic rings. The highest BCUT2D eigenvalue weighted by molar-refractivity contribution is 5.91. The lowest BCUT2D eigenvalue weighted by atomic mass is 10.1. The monoisotopic (exact) mass is 341 g/mol. The molecule has 1 atom stereocenters. The van der Waals surface area contributed by atoms with E-state index in [1.807, 2.05) is 31.2 Å². The lowest BCUT2D eigenvalue weighted by Gasteiger charge is -2.15. The number of nitrogens with one attached hydrogen (secondary N) is 1. The zero-order valence-corrected chi connectivity index (χ0v) is 14.7. The van der Waals surface area contributed by atoms with Crippen LogP contribution < -0.4 is 10.1 Å². The van der Waals surface area contributed by atoms with Gasteiger partial charge in [0.2, 0.25) is 0 Å². The summed E-state index contributed by atoms with van der Waals surface area (Å²) >= 11 is 0. The molecule has 0 saturated heterocycles. The average Bonchev–Trinajstić information content (AvgIpc) is 2.66. The van der Waals surface area contributed by atoms with Crippen LogP contribution in [0.4, 0.5) is 0 Å². The van der Waals surface area contributed by atoms with Crippen LogP contribution in [0.25, 0.3) is 0 Å². The number of esters is 1. The minimum Gasteiger partial charge on any atom is -0.497 e. The van der Waals surface area contributed by atoms with Gasteiger partial charge in [-0.25, -0.2) is 4.79 Å². The molecule has 0 aliphatic heterocycles. The Morgan fingerprint density at radius 1 is 1.12 bits per heavy atom. The molecule has 5 heteroatoms. The Balaban J connectivity index is 1.85. The van der Waals surface area contributed by atoms with Crippen molar-refractivity contribution in [2.45, 2.75) is 26.3 Å². The molecule has 2 rings (SSSR count). The van der Waals surface area contributed by atoms with Crippen molar-refractivity contribution in [1.82, 2.24) is 5.32 Å². The third kappa shape index (κ3) is 5.35. The van der Waals surface area contributed by atoms with Gasteiger partial charge in [0, 0.05) is 0 Å². The summed E-state index contributed by atoms with van der Waals surface area (Å²) in [5.74, 6) is -0.347. The second-order valence-electron chi connectivity index (χ2n) is 5.69. The molecule has 0 aliphatic rings. The first-order valence-electron chi connectivity index (χ1n) is 8.23. The van der Waals surface area contributed by atoms with Gasteiger partial charge in [-0.05, 0) is 42.7 Å². The number of benzene rings is 2. The lowest BCUT2D eigenvalue weighted by Crippen LogP contribution is -2.31. The third-order valence-corrected chi connectivity index (χ3v) is 3.91. The van der Waals surface area contributed by atoms with Crippen LogP contribution in [-0.4, -0.2) is 25.6 Å². The molecule has 132 valence electrons. The van der Waals surface area contributed by atoms with Gasteiger partial charge >= 0.3 is 5.97 Å². The van der Waals surface area contributed by atoms with E-state index in [4.69, 9.17) is 9.47 Å². The van der Waals surface area contributed by atoms with Crippen molar-refractivity contribution in [3.63, 3.8) is 0 Å². The van der Waals surface area contributed by atoms with Crippen LogP contribution >= 0.6 is 0 Å². The normalized spacial score (nSPS) is 11.5. The van der Waals surface area contributed by atoms with Crippen LogP contribution in [0.1, 0.15) is 41.4 Å². The summed E-state index contributed by atoms with van der Waals surface area (Å²) in [5, 5.41) is 2.82. The Bertz CT molecular complexity index is 725. The van der Waals surface area contributed by atoms with Crippen LogP contribution in [0.2, 0.25) is 0 Å². The Morgan fingerprint density at radius 3 is 2.48 bits per heavy atom. The minimum absolute atomic E-state index is 0.158. The van der Waals surface area contributed by atoms with Gasteiger partial charge < -0.3 is 14.8 Å². The van der Waals surface area contributed by atoms with Crippen LogP contribution in [0.15, 0.2) is 48.5 Å². The average molecular weight is 341 g/mol. The fraction of sp³-hybridized carbons (Fsp3) is 0.300. The van der Waals surface area contributed by atoms with Gasteiger partial charge in [-0.15, -0.1) is 0 Å². The molecule has 0 unspecified atom stereocenters. The number of methoxy groups -OCH3 is 1. The van der Waals surface area contributed by atoms with Gasteiger partial charge in [0.1, 0.15) is 5.75 Å². The van der Waals surface area contributed by atoms with E-state index in [9.17, 15) is 9.59 Å². The van der Waals surface area contributed by atoms with E-state index < -0.39 is 5.97 Å². The molecule has 0 fully saturated rings. The van der Waals surface area contributed by atoms with Gasteiger partial charge in [0.15, 0.2) is 6.61 Å². The highest BCUT2D eigenvalue weighted by Gasteiger charge is 2.13. The van der Waals surface area contributed by atoms with E-state index in [2.05, 4.69) is 12.2 Å². The van der Waals surface area contributed by atoms with Crippen molar-refractivity contribution < 1.29 is 19.1 Å². The van der Waals surface area contributed by atoms with Crippen LogP contribution in [0.3, 0.4) is 0 Å². The molecule has 0 aromatic heterocycles. The molecular formula is C20H23NO4. The second kappa shape index (κ2) is 8.87. The molecule has 1 amide bonds. The second-order valence-corrected chi connectivity index (χ2v) is 5.69. The number of ether oxygens (including phenoxy) is 2. The molecule has 0 spiro atoms. The summed E-state index contributed by atoms with van der Waals surface area (Å²) < 4.78 is 10.1. The van der Waals surface area contributed by atoms with Gasteiger partial charge in [0.05, 0.1) is 18.7 Å². The Kier molecular flexibility index (Phi) is 6.57. The quantitative estimate of drug-likeness (QED) is 0.785. The SMILES string of the molecule is CCc1ccc([C@H](C)NC(=O)COC(=O)c2cccc(OC)c2)cc1. The highest BCUT2D eigenvalue weighted by atomic mass is 16.5. The number of rotatable bonds is 7. The zero-order chi connectivity index (χ0) is 18.2. The summed E-state index contributed by atoms with van der Waals surface area (Å²) in [6.45, 7) is 3.66. The van der Waals surface area contributed by atoms with E-state index >= 15 is 0 Å². The van der Waals surface area contributed by atoms with E-state index in [1.54, 1.807) is 24.3 Å². The van der Waals surface area contributed by atoms with Gasteiger partial charge in [0.25, 0.3) is 5.91 Å². The van der Waals surface area contributed by atoms with E-state index in [-0.39, 0.29) is 18.6 Å². The molecule has 0 heterocycles. The van der Waals surface area contributed by atoms with Crippen molar-refractivity contribution >= 4 is 11.9 Å². The highest BCUT2D eigenvalue weighted by Crippen LogP contribution is 2.15. The van der Waals surface area contributed by atoms with E-state index in [1.165, 1.54) is 12.7 Å². The molecule has 5 nitrogen and oxygen atoms in total. The molecule has 2 aromatic carbocycles. The molecule has 0 aliphatic carbocycles. The Labute approximate surface area is 148 Å². The number of hydrogen-bond acceptors (Lipinski definition) is 4. The molecule has 25 heavy (non-hydrogen) atoms. The maximum atomic E-state index is 12.0. The molecule has 0 radical (unpaired) electrons. The van der Waals surface area contributed by atoms with E-state index in [0.29, 0.717) is 11.3 Å². The first-order valence-corrected chi connectivity index (χ1v) is 8.23. The lowest BCUT2D eigenvalue weighted by molar-refractivity contribution is -0.124. The molecule has 0 saturated carbocycles. The predicted octanol–water partition coefficient (Wildman–Crippen LogP) is 3.29. The van der Waals surface area contributed by atoms with Gasteiger partial charge in [-0.3, -0.25) is 4.79 Å². The number of amides is 1. The smallest absolute Gasteiger partial charge is 0.338 e. The maximum absolute atomic E-state index is 12.0. The van der Waals surface area contributed by atoms with E-state index in [0.717, 1.165) is 12.0 Å². The Hall–Kier alpha value is -2.82. The largest absolute Gasteiger partial charge is 0.497 e. The predicted molar refractivity (Wildman–Crippen MR) is 95.7 cm³/mol. The van der Waals surface area contributed by atoms with Crippen molar-refractivity contribution in [2.75, 3.05) is 13.7 Å². The maximum Gasteiger partial charge on any atom is 0.338 e. The number of aryl methyl sites for hydroxylation is 1. The van der Waals surface area contributed by atoms with Crippen LogP contribution in [0.5, 0.6) is 5.75 Å². The zero-order valence-electron chi connectivity index (χ0n) is 14.7. The standard InChI is InChI=1S/C20H23NO4/c1-4-15-8-10-16(11-9-15)14(2)21-19(22)13-25-20(23)17-6-5-7-18(12-17)24-3/h5-12,14H,4,13H2,1-3H3,(H,21,22)/t14-/m0/s1. The summed E-state index contributed by atoms with van der Waals surface area (Å²) in [7, 11) is 1.52. The van der Waals surface area contributed by atoms with Gasteiger partial charge in [-0.2, -0.15) is 0 Å². The number of hydrogen-bond donors (Lipinski definition) is 1. The molecule has 1 N–H and O–H groups in total. The summed E-state index contributed by atoms with van der Waals surface area (Å²) in [5.41, 5.74) is 2.59. The molecule has 0 bridgehead atoms. The molecular weight excluding hydrogens is 318 g/mol. The minimum atomic E-state index is -0.561. The van der Waals surface area contributed by atoms with Crippen molar-refractivity contribution in [1.29, 1.82) is 0 Å². The van der Waals surface area contributed by atoms with Gasteiger partial charge in [-0.1, -0.05) is 37.3 Å². The fourth-order valence-corrected chi connectivity index (χ4v) is 2.37. The van der Waals surface area contributed by atoms with Crippen LogP contribution in [0, 0.1) is 0 Å². The first kappa shape index (κ1) is 18.5. The topological polar surface area (TPSA) is 64.6 Å². The number of carbonyl (C=O) groups is 2. The van der Waals surface area contributed by atoms with Crippen molar-refractivity contribution in [3.05, 3.63) is 65.2 Å². The summed E-state index contributed by atoms with van der Waals surface area (Å²) in [6, 6.07) is 14.5. The summed E-state index contributed by atoms with van der Waals surface area (Å²) in [4.78, 5) is 24.0.